The number of phenols is 1. The number of nitrogens with two attached hydrogens (primary N) is 1. The van der Waals surface area contributed by atoms with Crippen LogP contribution >= 0.6 is 0 Å². The second-order valence-corrected chi connectivity index (χ2v) is 4.51. The van der Waals surface area contributed by atoms with Gasteiger partial charge in [0.2, 0.25) is 0 Å². The molecular weight excluding hydrogens is 252 g/mol. The normalized spacial score (nSPS) is 10.2. The zero-order chi connectivity index (χ0) is 14.4. The number of para-hydroxylation sites is 1. The summed E-state index contributed by atoms with van der Waals surface area (Å²) in [6.07, 6.45) is 0.667. The van der Waals surface area contributed by atoms with Crippen LogP contribution in [-0.2, 0) is 13.0 Å². The Morgan fingerprint density at radius 3 is 2.40 bits per heavy atom. The molecule has 2 aromatic carbocycles. The summed E-state index contributed by atoms with van der Waals surface area (Å²) in [6.45, 7) is 0.798. The van der Waals surface area contributed by atoms with Gasteiger partial charge in [0.05, 0.1) is 0 Å². The van der Waals surface area contributed by atoms with Crippen molar-refractivity contribution in [2.24, 2.45) is 5.73 Å². The number of benzene rings is 2. The molecule has 0 heterocycles. The predicted octanol–water partition coefficient (Wildman–Crippen LogP) is 1.82. The molecule has 0 bridgehead atoms. The van der Waals surface area contributed by atoms with E-state index in [-0.39, 0.29) is 11.7 Å². The molecule has 0 radical (unpaired) electrons. The third kappa shape index (κ3) is 3.36. The van der Waals surface area contributed by atoms with Crippen LogP contribution in [0.25, 0.3) is 0 Å². The van der Waals surface area contributed by atoms with Crippen LogP contribution in [0.1, 0.15) is 21.5 Å². The Hall–Kier alpha value is -2.33. The van der Waals surface area contributed by atoms with Gasteiger partial charge in [-0.15, -0.1) is 0 Å². The molecule has 0 spiro atoms. The molecule has 0 saturated heterocycles. The van der Waals surface area contributed by atoms with E-state index >= 15 is 0 Å². The van der Waals surface area contributed by atoms with Gasteiger partial charge in [0, 0.05) is 17.7 Å². The molecule has 0 aliphatic carbocycles. The number of hydrogen-bond acceptors (Lipinski definition) is 3. The molecule has 0 atom stereocenters. The van der Waals surface area contributed by atoms with E-state index in [1.807, 2.05) is 24.3 Å². The number of nitrogens with one attached hydrogen (secondary N) is 1. The van der Waals surface area contributed by atoms with Crippen molar-refractivity contribution in [3.63, 3.8) is 0 Å². The fourth-order valence-electron chi connectivity index (χ4n) is 2.05. The highest BCUT2D eigenvalue weighted by atomic mass is 16.3. The summed E-state index contributed by atoms with van der Waals surface area (Å²) < 4.78 is 0. The molecule has 0 fully saturated rings. The van der Waals surface area contributed by atoms with Crippen molar-refractivity contribution in [3.05, 3.63) is 65.2 Å². The molecule has 0 unspecified atom stereocenters. The molecule has 0 aliphatic rings. The quantitative estimate of drug-likeness (QED) is 0.775. The number of carbonyl (C=O) groups is 1. The van der Waals surface area contributed by atoms with Gasteiger partial charge in [0.1, 0.15) is 5.75 Å². The Kier molecular flexibility index (Phi) is 4.74. The predicted molar refractivity (Wildman–Crippen MR) is 78.5 cm³/mol. The SMILES string of the molecule is NCCc1ccccc1C(=O)NCc1ccccc1O. The molecule has 104 valence electrons. The molecule has 4 N–H and O–H groups in total. The van der Waals surface area contributed by atoms with Crippen molar-refractivity contribution in [2.45, 2.75) is 13.0 Å². The monoisotopic (exact) mass is 270 g/mol. The summed E-state index contributed by atoms with van der Waals surface area (Å²) in [4.78, 5) is 12.2. The van der Waals surface area contributed by atoms with Crippen LogP contribution in [0.2, 0.25) is 0 Å². The largest absolute Gasteiger partial charge is 0.508 e. The molecule has 0 aromatic heterocycles. The second-order valence-electron chi connectivity index (χ2n) is 4.51. The van der Waals surface area contributed by atoms with Gasteiger partial charge in [-0.2, -0.15) is 0 Å². The van der Waals surface area contributed by atoms with Crippen molar-refractivity contribution in [1.82, 2.24) is 5.32 Å². The van der Waals surface area contributed by atoms with Gasteiger partial charge in [-0.1, -0.05) is 36.4 Å². The number of rotatable bonds is 5. The molecule has 0 saturated carbocycles. The lowest BCUT2D eigenvalue weighted by Crippen LogP contribution is -2.24. The third-order valence-electron chi connectivity index (χ3n) is 3.11. The summed E-state index contributed by atoms with van der Waals surface area (Å²) in [5.41, 5.74) is 7.81. The first-order valence-electron chi connectivity index (χ1n) is 6.55. The lowest BCUT2D eigenvalue weighted by molar-refractivity contribution is 0.0950. The van der Waals surface area contributed by atoms with Gasteiger partial charge in [0.25, 0.3) is 5.91 Å². The Balaban J connectivity index is 2.07. The molecule has 20 heavy (non-hydrogen) atoms. The zero-order valence-corrected chi connectivity index (χ0v) is 11.2. The highest BCUT2D eigenvalue weighted by molar-refractivity contribution is 5.95. The van der Waals surface area contributed by atoms with Crippen molar-refractivity contribution < 1.29 is 9.90 Å². The standard InChI is InChI=1S/C16H18N2O2/c17-10-9-12-5-1-3-7-14(12)16(20)18-11-13-6-2-4-8-15(13)19/h1-8,19H,9-11,17H2,(H,18,20). The minimum atomic E-state index is -0.155. The van der Waals surface area contributed by atoms with Crippen LogP contribution in [0, 0.1) is 0 Å². The van der Waals surface area contributed by atoms with Crippen LogP contribution in [-0.4, -0.2) is 17.6 Å². The number of amides is 1. The maximum Gasteiger partial charge on any atom is 0.251 e. The molecule has 0 aliphatic heterocycles. The van der Waals surface area contributed by atoms with Crippen molar-refractivity contribution in [3.8, 4) is 5.75 Å². The Bertz CT molecular complexity index is 597. The maximum absolute atomic E-state index is 12.2. The molecular formula is C16H18N2O2. The highest BCUT2D eigenvalue weighted by Gasteiger charge is 2.10. The van der Waals surface area contributed by atoms with E-state index in [1.165, 1.54) is 0 Å². The smallest absolute Gasteiger partial charge is 0.251 e. The molecule has 4 nitrogen and oxygen atoms in total. The van der Waals surface area contributed by atoms with E-state index in [1.54, 1.807) is 24.3 Å². The van der Waals surface area contributed by atoms with Crippen LogP contribution < -0.4 is 11.1 Å². The van der Waals surface area contributed by atoms with Crippen molar-refractivity contribution >= 4 is 5.91 Å². The number of hydrogen-bond donors (Lipinski definition) is 3. The Morgan fingerprint density at radius 2 is 1.70 bits per heavy atom. The molecule has 4 heteroatoms. The fourth-order valence-corrected chi connectivity index (χ4v) is 2.05. The minimum absolute atomic E-state index is 0.155. The van der Waals surface area contributed by atoms with Gasteiger partial charge in [-0.05, 0) is 30.7 Å². The van der Waals surface area contributed by atoms with Crippen LogP contribution in [0.3, 0.4) is 0 Å². The van der Waals surface area contributed by atoms with E-state index < -0.39 is 0 Å². The van der Waals surface area contributed by atoms with E-state index in [4.69, 9.17) is 5.73 Å². The lowest BCUT2D eigenvalue weighted by Gasteiger charge is -2.10. The molecule has 1 amide bonds. The van der Waals surface area contributed by atoms with E-state index in [0.717, 1.165) is 5.56 Å². The van der Waals surface area contributed by atoms with Crippen molar-refractivity contribution in [2.75, 3.05) is 6.54 Å². The summed E-state index contributed by atoms with van der Waals surface area (Å²) >= 11 is 0. The van der Waals surface area contributed by atoms with Crippen LogP contribution in [0.4, 0.5) is 0 Å². The van der Waals surface area contributed by atoms with Gasteiger partial charge in [0.15, 0.2) is 0 Å². The molecule has 2 aromatic rings. The van der Waals surface area contributed by atoms with Crippen LogP contribution in [0.5, 0.6) is 5.75 Å². The second kappa shape index (κ2) is 6.73. The average molecular weight is 270 g/mol. The van der Waals surface area contributed by atoms with Gasteiger partial charge < -0.3 is 16.2 Å². The zero-order valence-electron chi connectivity index (χ0n) is 11.2. The third-order valence-corrected chi connectivity index (χ3v) is 3.11. The first-order chi connectivity index (χ1) is 9.72. The first kappa shape index (κ1) is 14.1. The first-order valence-corrected chi connectivity index (χ1v) is 6.55. The van der Waals surface area contributed by atoms with E-state index in [0.29, 0.717) is 30.6 Å². The molecule has 2 rings (SSSR count). The van der Waals surface area contributed by atoms with Gasteiger partial charge in [-0.25, -0.2) is 0 Å². The number of phenolic OH excluding ortho intramolecular Hbond substituents is 1. The lowest BCUT2D eigenvalue weighted by atomic mass is 10.0. The summed E-state index contributed by atoms with van der Waals surface area (Å²) in [6, 6.07) is 14.4. The summed E-state index contributed by atoms with van der Waals surface area (Å²) in [5, 5.41) is 12.5. The Morgan fingerprint density at radius 1 is 1.05 bits per heavy atom. The van der Waals surface area contributed by atoms with E-state index in [9.17, 15) is 9.90 Å². The number of aromatic hydroxyl groups is 1. The van der Waals surface area contributed by atoms with Gasteiger partial charge >= 0.3 is 0 Å². The van der Waals surface area contributed by atoms with E-state index in [2.05, 4.69) is 5.32 Å². The van der Waals surface area contributed by atoms with Crippen LogP contribution in [0.15, 0.2) is 48.5 Å². The highest BCUT2D eigenvalue weighted by Crippen LogP contribution is 2.15. The Labute approximate surface area is 118 Å². The fraction of sp³-hybridized carbons (Fsp3) is 0.188. The topological polar surface area (TPSA) is 75.4 Å². The minimum Gasteiger partial charge on any atom is -0.508 e. The number of carbonyl (C=O) groups excluding carboxylic acids is 1. The van der Waals surface area contributed by atoms with Crippen molar-refractivity contribution in [1.29, 1.82) is 0 Å². The maximum atomic E-state index is 12.2. The van der Waals surface area contributed by atoms with Gasteiger partial charge in [-0.3, -0.25) is 4.79 Å². The summed E-state index contributed by atoms with van der Waals surface area (Å²) in [5.74, 6) is 0.0281. The summed E-state index contributed by atoms with van der Waals surface area (Å²) in [7, 11) is 0. The average Bonchev–Trinajstić information content (AvgIpc) is 2.47.